The van der Waals surface area contributed by atoms with Gasteiger partial charge in [0.15, 0.2) is 11.5 Å². The maximum atomic E-state index is 12.4. The van der Waals surface area contributed by atoms with E-state index in [-0.39, 0.29) is 5.97 Å². The van der Waals surface area contributed by atoms with E-state index in [9.17, 15) is 4.79 Å². The fraction of sp³-hybridized carbons (Fsp3) is 0.816. The van der Waals surface area contributed by atoms with Gasteiger partial charge in [-0.2, -0.15) is 0 Å². The molecule has 0 bridgehead atoms. The molecule has 0 fully saturated rings. The molecule has 0 saturated carbocycles. The molecule has 0 atom stereocenters. The number of hydrogen-bond donors (Lipinski definition) is 0. The third kappa shape index (κ3) is 30.1. The number of ether oxygens (including phenoxy) is 4. The van der Waals surface area contributed by atoms with E-state index in [1.807, 2.05) is 18.2 Å². The SMILES string of the molecule is CCCCCCCCCCCCOc1cc(C=CC(=O)OCCCC)cc(OCCCCCCCCCCCC)c1OCCCCCCCCCCCC. The van der Waals surface area contributed by atoms with Gasteiger partial charge in [-0.25, -0.2) is 4.79 Å². The molecule has 0 aliphatic rings. The van der Waals surface area contributed by atoms with E-state index in [0.717, 1.165) is 49.2 Å². The summed E-state index contributed by atoms with van der Waals surface area (Å²) in [5.41, 5.74) is 0.866. The van der Waals surface area contributed by atoms with E-state index in [1.165, 1.54) is 179 Å². The van der Waals surface area contributed by atoms with Crippen molar-refractivity contribution >= 4 is 12.0 Å². The van der Waals surface area contributed by atoms with Crippen molar-refractivity contribution in [2.75, 3.05) is 26.4 Å². The van der Waals surface area contributed by atoms with Gasteiger partial charge in [0.2, 0.25) is 5.75 Å². The van der Waals surface area contributed by atoms with Crippen molar-refractivity contribution in [1.29, 1.82) is 0 Å². The summed E-state index contributed by atoms with van der Waals surface area (Å²) in [5, 5.41) is 0. The maximum Gasteiger partial charge on any atom is 0.330 e. The highest BCUT2D eigenvalue weighted by Gasteiger charge is 2.16. The van der Waals surface area contributed by atoms with E-state index in [1.54, 1.807) is 0 Å². The summed E-state index contributed by atoms with van der Waals surface area (Å²) in [7, 11) is 0. The number of hydrogen-bond acceptors (Lipinski definition) is 5. The number of esters is 1. The molecule has 5 nitrogen and oxygen atoms in total. The molecule has 1 aromatic carbocycles. The predicted molar refractivity (Wildman–Crippen MR) is 233 cm³/mol. The van der Waals surface area contributed by atoms with Crippen LogP contribution in [0.1, 0.15) is 239 Å². The molecule has 0 unspecified atom stereocenters. The van der Waals surface area contributed by atoms with Gasteiger partial charge in [-0.1, -0.05) is 207 Å². The van der Waals surface area contributed by atoms with Gasteiger partial charge in [0.25, 0.3) is 0 Å². The highest BCUT2D eigenvalue weighted by Crippen LogP contribution is 2.40. The standard InChI is InChI=1S/C49H88O5/c1-5-9-13-16-19-22-25-28-31-34-40-51-46-43-45(37-38-48(50)53-39-12-8-4)44-47(52-41-35-32-29-26-23-20-17-14-10-6-2)49(46)54-42-36-33-30-27-24-21-18-15-11-7-3/h37-38,43-44H,5-36,39-42H2,1-4H3. The van der Waals surface area contributed by atoms with Crippen LogP contribution in [0.2, 0.25) is 0 Å². The van der Waals surface area contributed by atoms with Crippen molar-refractivity contribution in [2.24, 2.45) is 0 Å². The average molecular weight is 757 g/mol. The second-order valence-electron chi connectivity index (χ2n) is 15.8. The first kappa shape index (κ1) is 49.8. The van der Waals surface area contributed by atoms with Crippen LogP contribution in [0.3, 0.4) is 0 Å². The fourth-order valence-corrected chi connectivity index (χ4v) is 6.89. The van der Waals surface area contributed by atoms with E-state index >= 15 is 0 Å². The third-order valence-corrected chi connectivity index (χ3v) is 10.5. The maximum absolute atomic E-state index is 12.4. The second kappa shape index (κ2) is 39.1. The Hall–Kier alpha value is -2.17. The van der Waals surface area contributed by atoms with Gasteiger partial charge in [-0.05, 0) is 49.5 Å². The van der Waals surface area contributed by atoms with Gasteiger partial charge >= 0.3 is 5.97 Å². The summed E-state index contributed by atoms with van der Waals surface area (Å²) in [6, 6.07) is 4.01. The molecule has 0 amide bonds. The Morgan fingerprint density at radius 1 is 0.407 bits per heavy atom. The van der Waals surface area contributed by atoms with Gasteiger partial charge < -0.3 is 18.9 Å². The van der Waals surface area contributed by atoms with Crippen LogP contribution in [-0.2, 0) is 9.53 Å². The number of carbonyl (C=O) groups is 1. The molecule has 0 radical (unpaired) electrons. The van der Waals surface area contributed by atoms with Crippen LogP contribution in [0.4, 0.5) is 0 Å². The molecule has 0 spiro atoms. The second-order valence-corrected chi connectivity index (χ2v) is 15.8. The van der Waals surface area contributed by atoms with Crippen LogP contribution in [0, 0.1) is 0 Å². The normalized spacial score (nSPS) is 11.4. The lowest BCUT2D eigenvalue weighted by molar-refractivity contribution is -0.137. The smallest absolute Gasteiger partial charge is 0.330 e. The molecule has 54 heavy (non-hydrogen) atoms. The zero-order chi connectivity index (χ0) is 39.0. The van der Waals surface area contributed by atoms with Crippen LogP contribution >= 0.6 is 0 Å². The molecule has 0 saturated heterocycles. The number of unbranched alkanes of at least 4 members (excludes halogenated alkanes) is 28. The van der Waals surface area contributed by atoms with E-state index in [2.05, 4.69) is 27.7 Å². The molecule has 5 heteroatoms. The van der Waals surface area contributed by atoms with Crippen molar-refractivity contribution in [3.63, 3.8) is 0 Å². The minimum Gasteiger partial charge on any atom is -0.490 e. The first-order chi connectivity index (χ1) is 26.7. The molecule has 314 valence electrons. The molecule has 0 heterocycles. The lowest BCUT2D eigenvalue weighted by Gasteiger charge is -2.18. The quantitative estimate of drug-likeness (QED) is 0.0378. The van der Waals surface area contributed by atoms with E-state index in [0.29, 0.717) is 32.2 Å². The molecule has 0 aliphatic heterocycles. The minimum atomic E-state index is -0.314. The Bertz CT molecular complexity index is 941. The van der Waals surface area contributed by atoms with Gasteiger partial charge in [0.05, 0.1) is 26.4 Å². The summed E-state index contributed by atoms with van der Waals surface area (Å²) in [5.74, 6) is 1.84. The summed E-state index contributed by atoms with van der Waals surface area (Å²) < 4.78 is 24.9. The third-order valence-electron chi connectivity index (χ3n) is 10.5. The van der Waals surface area contributed by atoms with Crippen LogP contribution in [-0.4, -0.2) is 32.4 Å². The van der Waals surface area contributed by atoms with Crippen molar-refractivity contribution in [1.82, 2.24) is 0 Å². The van der Waals surface area contributed by atoms with Gasteiger partial charge in [-0.3, -0.25) is 0 Å². The number of benzene rings is 1. The molecule has 0 aliphatic carbocycles. The van der Waals surface area contributed by atoms with E-state index < -0.39 is 0 Å². The molecule has 1 aromatic rings. The Morgan fingerprint density at radius 3 is 1.07 bits per heavy atom. The number of rotatable bonds is 41. The first-order valence-electron chi connectivity index (χ1n) is 23.6. The summed E-state index contributed by atoms with van der Waals surface area (Å²) in [4.78, 5) is 12.4. The summed E-state index contributed by atoms with van der Waals surface area (Å²) in [6.45, 7) is 11.3. The fourth-order valence-electron chi connectivity index (χ4n) is 6.89. The van der Waals surface area contributed by atoms with Crippen molar-refractivity contribution in [2.45, 2.75) is 233 Å². The van der Waals surface area contributed by atoms with Crippen molar-refractivity contribution in [3.05, 3.63) is 23.8 Å². The molecular formula is C49H88O5. The van der Waals surface area contributed by atoms with Crippen molar-refractivity contribution in [3.8, 4) is 17.2 Å². The minimum absolute atomic E-state index is 0.314. The highest BCUT2D eigenvalue weighted by atomic mass is 16.5. The average Bonchev–Trinajstić information content (AvgIpc) is 3.18. The van der Waals surface area contributed by atoms with Gasteiger partial charge in [-0.15, -0.1) is 0 Å². The Kier molecular flexibility index (Phi) is 36.1. The van der Waals surface area contributed by atoms with Crippen LogP contribution < -0.4 is 14.2 Å². The summed E-state index contributed by atoms with van der Waals surface area (Å²) >= 11 is 0. The molecule has 1 rings (SSSR count). The molecular weight excluding hydrogens is 669 g/mol. The zero-order valence-corrected chi connectivity index (χ0v) is 36.3. The first-order valence-corrected chi connectivity index (χ1v) is 23.6. The van der Waals surface area contributed by atoms with Gasteiger partial charge in [0.1, 0.15) is 0 Å². The largest absolute Gasteiger partial charge is 0.490 e. The lowest BCUT2D eigenvalue weighted by Crippen LogP contribution is -2.07. The lowest BCUT2D eigenvalue weighted by atomic mass is 10.1. The number of carbonyl (C=O) groups excluding carboxylic acids is 1. The Balaban J connectivity index is 2.86. The van der Waals surface area contributed by atoms with Gasteiger partial charge in [0, 0.05) is 6.08 Å². The molecule has 0 aromatic heterocycles. The monoisotopic (exact) mass is 757 g/mol. The zero-order valence-electron chi connectivity index (χ0n) is 36.3. The highest BCUT2D eigenvalue weighted by molar-refractivity contribution is 5.87. The van der Waals surface area contributed by atoms with E-state index in [4.69, 9.17) is 18.9 Å². The predicted octanol–water partition coefficient (Wildman–Crippen LogP) is 15.9. The van der Waals surface area contributed by atoms with Crippen LogP contribution in [0.15, 0.2) is 18.2 Å². The Labute approximate surface area is 335 Å². The Morgan fingerprint density at radius 2 is 0.722 bits per heavy atom. The van der Waals surface area contributed by atoms with Crippen molar-refractivity contribution < 1.29 is 23.7 Å². The summed E-state index contributed by atoms with van der Waals surface area (Å²) in [6.07, 6.45) is 44.0. The van der Waals surface area contributed by atoms with Crippen LogP contribution in [0.25, 0.3) is 6.08 Å². The van der Waals surface area contributed by atoms with Crippen LogP contribution in [0.5, 0.6) is 17.2 Å². The molecule has 0 N–H and O–H groups in total. The topological polar surface area (TPSA) is 54.0 Å².